The van der Waals surface area contributed by atoms with Gasteiger partial charge in [0.05, 0.1) is 4.90 Å². The van der Waals surface area contributed by atoms with Gasteiger partial charge in [0.25, 0.3) is 0 Å². The van der Waals surface area contributed by atoms with Crippen LogP contribution in [0.25, 0.3) is 0 Å². The lowest BCUT2D eigenvalue weighted by atomic mass is 10.0. The van der Waals surface area contributed by atoms with Crippen molar-refractivity contribution < 1.29 is 41.8 Å². The van der Waals surface area contributed by atoms with Crippen LogP contribution >= 0.6 is 0 Å². The number of sulfonamides is 1. The highest BCUT2D eigenvalue weighted by molar-refractivity contribution is 7.89. The molecule has 1 fully saturated rings. The molecule has 0 radical (unpaired) electrons. The van der Waals surface area contributed by atoms with Crippen LogP contribution in [0.3, 0.4) is 0 Å². The third-order valence-electron chi connectivity index (χ3n) is 7.67. The highest BCUT2D eigenvalue weighted by Crippen LogP contribution is 2.24. The minimum Gasteiger partial charge on any atom is -0.458 e. The van der Waals surface area contributed by atoms with Crippen molar-refractivity contribution in [3.05, 3.63) is 95.6 Å². The van der Waals surface area contributed by atoms with E-state index in [9.17, 15) is 27.6 Å². The first-order valence-electron chi connectivity index (χ1n) is 16.1. The first-order valence-corrected chi connectivity index (χ1v) is 17.5. The van der Waals surface area contributed by atoms with Crippen molar-refractivity contribution >= 4 is 34.1 Å². The van der Waals surface area contributed by atoms with Gasteiger partial charge < -0.3 is 29.3 Å². The molecule has 14 heteroatoms. The molecule has 3 amide bonds. The molecule has 50 heavy (non-hydrogen) atoms. The van der Waals surface area contributed by atoms with Crippen LogP contribution in [0.15, 0.2) is 83.8 Å². The van der Waals surface area contributed by atoms with Gasteiger partial charge in [-0.15, -0.1) is 0 Å². The zero-order valence-electron chi connectivity index (χ0n) is 29.1. The molecule has 0 aliphatic carbocycles. The van der Waals surface area contributed by atoms with E-state index in [1.54, 1.807) is 83.4 Å². The van der Waals surface area contributed by atoms with Gasteiger partial charge in [0.2, 0.25) is 15.9 Å². The lowest BCUT2D eigenvalue weighted by molar-refractivity contribution is -0.159. The Labute approximate surface area is 293 Å². The second kappa shape index (κ2) is 16.2. The number of carbonyl (C=O) groups excluding carboxylic acids is 4. The maximum atomic E-state index is 14.1. The van der Waals surface area contributed by atoms with Crippen molar-refractivity contribution in [2.24, 2.45) is 0 Å². The summed E-state index contributed by atoms with van der Waals surface area (Å²) in [4.78, 5) is 55.3. The van der Waals surface area contributed by atoms with Crippen LogP contribution in [0.1, 0.15) is 37.5 Å². The molecule has 0 spiro atoms. The lowest BCUT2D eigenvalue weighted by Crippen LogP contribution is -2.63. The minimum atomic E-state index is -4.21. The van der Waals surface area contributed by atoms with E-state index >= 15 is 0 Å². The van der Waals surface area contributed by atoms with Crippen molar-refractivity contribution in [1.29, 1.82) is 0 Å². The molecule has 13 nitrogen and oxygen atoms in total. The molecular weight excluding hydrogens is 664 g/mol. The molecule has 0 saturated carbocycles. The largest absolute Gasteiger partial charge is 0.458 e. The number of piperazine rings is 1. The Kier molecular flexibility index (Phi) is 12.2. The van der Waals surface area contributed by atoms with Crippen LogP contribution in [0, 0.1) is 6.92 Å². The molecule has 2 atom stereocenters. The average molecular weight is 709 g/mol. The fourth-order valence-corrected chi connectivity index (χ4v) is 6.62. The Balaban J connectivity index is 1.60. The normalized spacial score (nSPS) is 15.8. The molecule has 3 aromatic rings. The number of aryl methyl sites for hydroxylation is 1. The number of esters is 1. The summed E-state index contributed by atoms with van der Waals surface area (Å²) < 4.78 is 45.3. The number of nitrogens with zero attached hydrogens (tertiary/aromatic N) is 3. The summed E-state index contributed by atoms with van der Waals surface area (Å²) in [5.41, 5.74) is 1.33. The SMILES string of the molecule is Cc1ccc(S(=O)(=O)N2CCN(C(=O)OCc3ccccc3)C[C@H]2C(=O)N[C@@H](Cc2ccc(OC(=O)N(C)C)cc2)C(=O)OC(C)(C)C)cc1. The second-order valence-corrected chi connectivity index (χ2v) is 15.0. The van der Waals surface area contributed by atoms with Crippen LogP contribution in [0.2, 0.25) is 0 Å². The van der Waals surface area contributed by atoms with Crippen molar-refractivity contribution in [1.82, 2.24) is 19.4 Å². The third kappa shape index (κ3) is 10.3. The zero-order valence-corrected chi connectivity index (χ0v) is 29.9. The number of carbonyl (C=O) groups is 4. The van der Waals surface area contributed by atoms with E-state index in [4.69, 9.17) is 14.2 Å². The number of amides is 3. The van der Waals surface area contributed by atoms with Crippen LogP contribution in [0.5, 0.6) is 5.75 Å². The summed E-state index contributed by atoms with van der Waals surface area (Å²) in [7, 11) is -1.10. The van der Waals surface area contributed by atoms with Crippen LogP contribution in [-0.2, 0) is 42.1 Å². The average Bonchev–Trinajstić information content (AvgIpc) is 3.07. The van der Waals surface area contributed by atoms with E-state index in [0.717, 1.165) is 15.4 Å². The number of hydrogen-bond donors (Lipinski definition) is 1. The van der Waals surface area contributed by atoms with E-state index in [0.29, 0.717) is 5.56 Å². The van der Waals surface area contributed by atoms with Crippen molar-refractivity contribution in [3.63, 3.8) is 0 Å². The Morgan fingerprint density at radius 1 is 0.900 bits per heavy atom. The van der Waals surface area contributed by atoms with Gasteiger partial charge in [-0.3, -0.25) is 4.79 Å². The van der Waals surface area contributed by atoms with Gasteiger partial charge in [-0.2, -0.15) is 4.31 Å². The predicted octanol–water partition coefficient (Wildman–Crippen LogP) is 4.14. The highest BCUT2D eigenvalue weighted by atomic mass is 32.2. The summed E-state index contributed by atoms with van der Waals surface area (Å²) in [6, 6.07) is 19.1. The fraction of sp³-hybridized carbons (Fsp3) is 0.389. The summed E-state index contributed by atoms with van der Waals surface area (Å²) in [6.45, 7) is 6.34. The Morgan fingerprint density at radius 3 is 2.14 bits per heavy atom. The molecular formula is C36H44N4O9S. The van der Waals surface area contributed by atoms with Crippen molar-refractivity contribution in [3.8, 4) is 5.75 Å². The Bertz CT molecular complexity index is 1760. The molecule has 1 aliphatic rings. The molecule has 0 aromatic heterocycles. The Morgan fingerprint density at radius 2 is 1.54 bits per heavy atom. The third-order valence-corrected chi connectivity index (χ3v) is 9.59. The predicted molar refractivity (Wildman–Crippen MR) is 185 cm³/mol. The molecule has 0 bridgehead atoms. The number of nitrogens with one attached hydrogen (secondary N) is 1. The summed E-state index contributed by atoms with van der Waals surface area (Å²) in [5.74, 6) is -1.26. The van der Waals surface area contributed by atoms with Gasteiger partial charge in [-0.1, -0.05) is 60.2 Å². The van der Waals surface area contributed by atoms with E-state index in [1.807, 2.05) is 25.1 Å². The van der Waals surface area contributed by atoms with Gasteiger partial charge in [0, 0.05) is 40.2 Å². The molecule has 1 saturated heterocycles. The first kappa shape index (κ1) is 37.9. The van der Waals surface area contributed by atoms with E-state index in [2.05, 4.69) is 5.32 Å². The van der Waals surface area contributed by atoms with E-state index in [-0.39, 0.29) is 43.3 Å². The first-order chi connectivity index (χ1) is 23.5. The monoisotopic (exact) mass is 708 g/mol. The molecule has 1 heterocycles. The maximum Gasteiger partial charge on any atom is 0.414 e. The van der Waals surface area contributed by atoms with Gasteiger partial charge in [-0.05, 0) is 63.1 Å². The summed E-state index contributed by atoms with van der Waals surface area (Å²) >= 11 is 0. The smallest absolute Gasteiger partial charge is 0.414 e. The molecule has 1 N–H and O–H groups in total. The lowest BCUT2D eigenvalue weighted by Gasteiger charge is -2.39. The summed E-state index contributed by atoms with van der Waals surface area (Å²) in [6.07, 6.45) is -1.30. The van der Waals surface area contributed by atoms with E-state index < -0.39 is 51.8 Å². The molecule has 0 unspecified atom stereocenters. The van der Waals surface area contributed by atoms with Gasteiger partial charge in [-0.25, -0.2) is 22.8 Å². The number of hydrogen-bond acceptors (Lipinski definition) is 9. The topological polar surface area (TPSA) is 152 Å². The van der Waals surface area contributed by atoms with Crippen LogP contribution in [-0.4, -0.2) is 98.0 Å². The molecule has 1 aliphatic heterocycles. The number of rotatable bonds is 10. The highest BCUT2D eigenvalue weighted by Gasteiger charge is 2.43. The maximum absolute atomic E-state index is 14.1. The van der Waals surface area contributed by atoms with Crippen molar-refractivity contribution in [2.45, 2.75) is 63.3 Å². The zero-order chi connectivity index (χ0) is 36.6. The number of ether oxygens (including phenoxy) is 3. The van der Waals surface area contributed by atoms with Gasteiger partial charge >= 0.3 is 18.2 Å². The molecule has 4 rings (SSSR count). The molecule has 268 valence electrons. The van der Waals surface area contributed by atoms with Gasteiger partial charge in [0.1, 0.15) is 30.0 Å². The Hall–Kier alpha value is -4.95. The standard InChI is InChI=1S/C36H44N4O9S/c1-25-12-18-29(19-13-25)50(45,46)40-21-20-39(35(44)47-24-27-10-8-7-9-11-27)23-31(40)32(41)37-30(33(42)49-36(2,3)4)22-26-14-16-28(17-15-26)48-34(43)38(5)6/h7-19,30-31H,20-24H2,1-6H3,(H,37,41)/t30-,31-/m0/s1. The summed E-state index contributed by atoms with van der Waals surface area (Å²) in [5, 5.41) is 2.71. The quantitative estimate of drug-likeness (QED) is 0.307. The van der Waals surface area contributed by atoms with Crippen LogP contribution in [0.4, 0.5) is 9.59 Å². The second-order valence-electron chi connectivity index (χ2n) is 13.1. The van der Waals surface area contributed by atoms with Crippen LogP contribution < -0.4 is 10.1 Å². The molecule has 3 aromatic carbocycles. The fourth-order valence-electron chi connectivity index (χ4n) is 5.05. The van der Waals surface area contributed by atoms with Gasteiger partial charge in [0.15, 0.2) is 0 Å². The van der Waals surface area contributed by atoms with E-state index in [1.165, 1.54) is 21.9 Å². The minimum absolute atomic E-state index is 0.00767. The van der Waals surface area contributed by atoms with Crippen molar-refractivity contribution in [2.75, 3.05) is 33.7 Å². The number of benzene rings is 3.